The fourth-order valence-electron chi connectivity index (χ4n) is 1.27. The van der Waals surface area contributed by atoms with Gasteiger partial charge in [0.1, 0.15) is 12.3 Å². The number of carbonyl (C=O) groups excluding carboxylic acids is 1. The number of aliphatic imine (C=N–C) groups is 2. The summed E-state index contributed by atoms with van der Waals surface area (Å²) < 4.78 is 5.13. The molecular weight excluding hydrogens is 144 g/mol. The molecule has 0 saturated carbocycles. The number of amides is 1. The standard InChI is InChI=1S/C7H8N2O2/c10-7-5-3-11-2-1-6(5)8-4-9-7/h4-5H,1-3H2/t5-/m0/s1. The van der Waals surface area contributed by atoms with Gasteiger partial charge in [0, 0.05) is 12.1 Å². The van der Waals surface area contributed by atoms with Gasteiger partial charge in [-0.15, -0.1) is 0 Å². The van der Waals surface area contributed by atoms with E-state index in [1.165, 1.54) is 6.34 Å². The fraction of sp³-hybridized carbons (Fsp3) is 0.571. The summed E-state index contributed by atoms with van der Waals surface area (Å²) in [5.74, 6) is -0.302. The van der Waals surface area contributed by atoms with E-state index in [0.29, 0.717) is 13.2 Å². The zero-order chi connectivity index (χ0) is 7.68. The molecule has 0 spiro atoms. The van der Waals surface area contributed by atoms with E-state index in [1.54, 1.807) is 0 Å². The molecule has 0 radical (unpaired) electrons. The van der Waals surface area contributed by atoms with E-state index >= 15 is 0 Å². The van der Waals surface area contributed by atoms with Gasteiger partial charge in [-0.1, -0.05) is 0 Å². The number of fused-ring (bicyclic) bond motifs is 1. The van der Waals surface area contributed by atoms with E-state index < -0.39 is 0 Å². The molecular formula is C7H8N2O2. The van der Waals surface area contributed by atoms with Crippen LogP contribution in [0.15, 0.2) is 9.98 Å². The van der Waals surface area contributed by atoms with Crippen LogP contribution >= 0.6 is 0 Å². The summed E-state index contributed by atoms with van der Waals surface area (Å²) in [6.07, 6.45) is 2.10. The topological polar surface area (TPSA) is 51.0 Å². The first-order valence-electron chi connectivity index (χ1n) is 3.58. The number of carbonyl (C=O) groups is 1. The van der Waals surface area contributed by atoms with Gasteiger partial charge in [0.05, 0.1) is 13.2 Å². The lowest BCUT2D eigenvalue weighted by atomic mass is 9.98. The Morgan fingerprint density at radius 1 is 1.64 bits per heavy atom. The maximum absolute atomic E-state index is 11.1. The molecule has 1 fully saturated rings. The molecule has 1 saturated heterocycles. The Kier molecular flexibility index (Phi) is 1.54. The highest BCUT2D eigenvalue weighted by Crippen LogP contribution is 2.15. The van der Waals surface area contributed by atoms with Crippen molar-refractivity contribution < 1.29 is 9.53 Å². The van der Waals surface area contributed by atoms with Crippen molar-refractivity contribution in [2.24, 2.45) is 15.9 Å². The predicted molar refractivity (Wildman–Crippen MR) is 39.9 cm³/mol. The SMILES string of the molecule is O=C1N=CN=C2CCOC[C@H]12. The van der Waals surface area contributed by atoms with Gasteiger partial charge in [0.2, 0.25) is 0 Å². The van der Waals surface area contributed by atoms with E-state index in [1.807, 2.05) is 0 Å². The third-order valence-corrected chi connectivity index (χ3v) is 1.90. The summed E-state index contributed by atoms with van der Waals surface area (Å²) in [5, 5.41) is 0. The molecule has 2 heterocycles. The van der Waals surface area contributed by atoms with Gasteiger partial charge in [-0.25, -0.2) is 9.98 Å². The molecule has 0 N–H and O–H groups in total. The van der Waals surface area contributed by atoms with Gasteiger partial charge in [-0.3, -0.25) is 4.79 Å². The van der Waals surface area contributed by atoms with Crippen LogP contribution in [0.5, 0.6) is 0 Å². The van der Waals surface area contributed by atoms with Gasteiger partial charge in [0.25, 0.3) is 5.91 Å². The summed E-state index contributed by atoms with van der Waals surface area (Å²) >= 11 is 0. The van der Waals surface area contributed by atoms with Gasteiger partial charge >= 0.3 is 0 Å². The Morgan fingerprint density at radius 3 is 3.36 bits per heavy atom. The highest BCUT2D eigenvalue weighted by Gasteiger charge is 2.28. The number of hydrogen-bond acceptors (Lipinski definition) is 3. The molecule has 0 aromatic rings. The molecule has 0 aliphatic carbocycles. The minimum atomic E-state index is -0.186. The second-order valence-electron chi connectivity index (χ2n) is 2.58. The first-order valence-corrected chi connectivity index (χ1v) is 3.58. The highest BCUT2D eigenvalue weighted by molar-refractivity contribution is 6.12. The molecule has 2 aliphatic heterocycles. The molecule has 0 aromatic heterocycles. The first kappa shape index (κ1) is 6.67. The van der Waals surface area contributed by atoms with Gasteiger partial charge in [0.15, 0.2) is 0 Å². The van der Waals surface area contributed by atoms with Crippen molar-refractivity contribution in [2.75, 3.05) is 13.2 Å². The Hall–Kier alpha value is -1.03. The predicted octanol–water partition coefficient (Wildman–Crippen LogP) is 0.0324. The normalized spacial score (nSPS) is 29.6. The van der Waals surface area contributed by atoms with Crippen molar-refractivity contribution in [2.45, 2.75) is 6.42 Å². The number of hydrogen-bond donors (Lipinski definition) is 0. The molecule has 58 valence electrons. The van der Waals surface area contributed by atoms with Crippen LogP contribution in [0.1, 0.15) is 6.42 Å². The van der Waals surface area contributed by atoms with Crippen molar-refractivity contribution in [1.82, 2.24) is 0 Å². The highest BCUT2D eigenvalue weighted by atomic mass is 16.5. The number of nitrogens with zero attached hydrogens (tertiary/aromatic N) is 2. The Balaban J connectivity index is 2.25. The van der Waals surface area contributed by atoms with E-state index in [9.17, 15) is 4.79 Å². The summed E-state index contributed by atoms with van der Waals surface area (Å²) in [7, 11) is 0. The van der Waals surface area contributed by atoms with Crippen LogP contribution in [0.25, 0.3) is 0 Å². The minimum absolute atomic E-state index is 0.116. The van der Waals surface area contributed by atoms with E-state index in [0.717, 1.165) is 12.1 Å². The van der Waals surface area contributed by atoms with Crippen molar-refractivity contribution in [3.05, 3.63) is 0 Å². The Labute approximate surface area is 64.0 Å². The largest absolute Gasteiger partial charge is 0.380 e. The molecule has 4 heteroatoms. The fourth-order valence-corrected chi connectivity index (χ4v) is 1.27. The van der Waals surface area contributed by atoms with E-state index in [2.05, 4.69) is 9.98 Å². The zero-order valence-electron chi connectivity index (χ0n) is 5.99. The number of ether oxygens (including phenoxy) is 1. The monoisotopic (exact) mass is 152 g/mol. The molecule has 0 bridgehead atoms. The van der Waals surface area contributed by atoms with Crippen molar-refractivity contribution in [3.63, 3.8) is 0 Å². The van der Waals surface area contributed by atoms with Crippen molar-refractivity contribution in [3.8, 4) is 0 Å². The third kappa shape index (κ3) is 1.09. The smallest absolute Gasteiger partial charge is 0.258 e. The molecule has 1 amide bonds. The summed E-state index contributed by atoms with van der Waals surface area (Å²) in [5.41, 5.74) is 0.927. The van der Waals surface area contributed by atoms with Crippen LogP contribution in [0.2, 0.25) is 0 Å². The molecule has 2 aliphatic rings. The van der Waals surface area contributed by atoms with Gasteiger partial charge in [-0.2, -0.15) is 0 Å². The van der Waals surface area contributed by atoms with Crippen LogP contribution in [-0.4, -0.2) is 31.2 Å². The lowest BCUT2D eigenvalue weighted by Crippen LogP contribution is -2.35. The second kappa shape index (κ2) is 2.54. The van der Waals surface area contributed by atoms with Crippen LogP contribution in [0, 0.1) is 5.92 Å². The quantitative estimate of drug-likeness (QED) is 0.491. The second-order valence-corrected chi connectivity index (χ2v) is 2.58. The van der Waals surface area contributed by atoms with Gasteiger partial charge in [-0.05, 0) is 0 Å². The van der Waals surface area contributed by atoms with Gasteiger partial charge < -0.3 is 4.74 Å². The number of rotatable bonds is 0. The summed E-state index contributed by atoms with van der Waals surface area (Å²) in [4.78, 5) is 18.7. The Morgan fingerprint density at radius 2 is 2.55 bits per heavy atom. The molecule has 1 atom stereocenters. The van der Waals surface area contributed by atoms with E-state index in [4.69, 9.17) is 4.74 Å². The Bertz CT molecular complexity index is 245. The van der Waals surface area contributed by atoms with Crippen molar-refractivity contribution >= 4 is 18.0 Å². The third-order valence-electron chi connectivity index (χ3n) is 1.90. The summed E-state index contributed by atoms with van der Waals surface area (Å²) in [6, 6.07) is 0. The molecule has 0 aromatic carbocycles. The molecule has 0 unspecified atom stereocenters. The maximum atomic E-state index is 11.1. The average molecular weight is 152 g/mol. The molecule has 2 rings (SSSR count). The average Bonchev–Trinajstić information content (AvgIpc) is 2.06. The molecule has 11 heavy (non-hydrogen) atoms. The lowest BCUT2D eigenvalue weighted by Gasteiger charge is -2.22. The van der Waals surface area contributed by atoms with Crippen LogP contribution in [0.3, 0.4) is 0 Å². The summed E-state index contributed by atoms with van der Waals surface area (Å²) in [6.45, 7) is 1.13. The lowest BCUT2D eigenvalue weighted by molar-refractivity contribution is -0.121. The van der Waals surface area contributed by atoms with Crippen LogP contribution in [-0.2, 0) is 9.53 Å². The first-order chi connectivity index (χ1) is 5.38. The minimum Gasteiger partial charge on any atom is -0.380 e. The van der Waals surface area contributed by atoms with Crippen LogP contribution in [0.4, 0.5) is 0 Å². The maximum Gasteiger partial charge on any atom is 0.258 e. The van der Waals surface area contributed by atoms with Crippen molar-refractivity contribution in [1.29, 1.82) is 0 Å². The molecule has 4 nitrogen and oxygen atoms in total. The van der Waals surface area contributed by atoms with E-state index in [-0.39, 0.29) is 11.8 Å². The zero-order valence-corrected chi connectivity index (χ0v) is 5.99. The van der Waals surface area contributed by atoms with Crippen LogP contribution < -0.4 is 0 Å².